The molecular formula is C20H19FN2O2. The second-order valence-electron chi connectivity index (χ2n) is 6.00. The molecule has 0 amide bonds. The van der Waals surface area contributed by atoms with Gasteiger partial charge in [0.2, 0.25) is 0 Å². The van der Waals surface area contributed by atoms with E-state index in [9.17, 15) is 9.18 Å². The maximum atomic E-state index is 13.6. The van der Waals surface area contributed by atoms with Crippen molar-refractivity contribution in [2.75, 3.05) is 19.0 Å². The van der Waals surface area contributed by atoms with Gasteiger partial charge in [0.1, 0.15) is 5.82 Å². The Labute approximate surface area is 146 Å². The Kier molecular flexibility index (Phi) is 4.93. The lowest BCUT2D eigenvalue weighted by atomic mass is 10.1. The molecule has 0 spiro atoms. The normalized spacial score (nSPS) is 15.2. The number of halogens is 1. The summed E-state index contributed by atoms with van der Waals surface area (Å²) in [5, 5.41) is 0. The lowest BCUT2D eigenvalue weighted by Crippen LogP contribution is -2.08. The highest BCUT2D eigenvalue weighted by atomic mass is 19.1. The van der Waals surface area contributed by atoms with E-state index in [0.717, 1.165) is 11.3 Å². The van der Waals surface area contributed by atoms with Crippen LogP contribution in [-0.4, -0.2) is 26.0 Å². The van der Waals surface area contributed by atoms with E-state index in [-0.39, 0.29) is 11.5 Å². The molecule has 5 heteroatoms. The Morgan fingerprint density at radius 2 is 1.80 bits per heavy atom. The van der Waals surface area contributed by atoms with E-state index >= 15 is 0 Å². The summed E-state index contributed by atoms with van der Waals surface area (Å²) in [6.07, 6.45) is 2.51. The van der Waals surface area contributed by atoms with E-state index < -0.39 is 5.97 Å². The summed E-state index contributed by atoms with van der Waals surface area (Å²) in [7, 11) is 3.93. The number of carbonyl (C=O) groups excluding carboxylic acids is 1. The third-order valence-electron chi connectivity index (χ3n) is 3.94. The van der Waals surface area contributed by atoms with Crippen molar-refractivity contribution < 1.29 is 13.9 Å². The summed E-state index contributed by atoms with van der Waals surface area (Å²) in [6.45, 7) is 0. The predicted octanol–water partition coefficient (Wildman–Crippen LogP) is 3.82. The van der Waals surface area contributed by atoms with Gasteiger partial charge in [0.25, 0.3) is 0 Å². The van der Waals surface area contributed by atoms with Gasteiger partial charge < -0.3 is 9.64 Å². The van der Waals surface area contributed by atoms with Crippen LogP contribution in [0.15, 0.2) is 59.2 Å². The standard InChI is InChI=1S/C20H19FN2O2/c1-23(2)16-10-7-14(8-11-16)13-18-20(24)25-19(22-18)12-9-15-5-3-4-6-17(15)21/h3-8,10-11,13H,9,12H2,1-2H3/b18-13+. The minimum Gasteiger partial charge on any atom is -0.407 e. The van der Waals surface area contributed by atoms with Gasteiger partial charge in [-0.15, -0.1) is 0 Å². The van der Waals surface area contributed by atoms with E-state index in [0.29, 0.717) is 24.3 Å². The van der Waals surface area contributed by atoms with Crippen molar-refractivity contribution in [1.29, 1.82) is 0 Å². The maximum absolute atomic E-state index is 13.6. The number of rotatable bonds is 5. The first kappa shape index (κ1) is 16.9. The molecule has 3 rings (SSSR count). The molecule has 0 aromatic heterocycles. The summed E-state index contributed by atoms with van der Waals surface area (Å²) in [6, 6.07) is 14.3. The largest absolute Gasteiger partial charge is 0.407 e. The van der Waals surface area contributed by atoms with E-state index in [2.05, 4.69) is 4.99 Å². The van der Waals surface area contributed by atoms with Gasteiger partial charge in [-0.2, -0.15) is 0 Å². The molecule has 0 fully saturated rings. The van der Waals surface area contributed by atoms with Crippen LogP contribution in [0.1, 0.15) is 17.5 Å². The first-order chi connectivity index (χ1) is 12.0. The van der Waals surface area contributed by atoms with Gasteiger partial charge in [-0.1, -0.05) is 30.3 Å². The van der Waals surface area contributed by atoms with Crippen LogP contribution in [0.4, 0.5) is 10.1 Å². The molecule has 0 saturated heterocycles. The molecule has 0 radical (unpaired) electrons. The number of aryl methyl sites for hydroxylation is 1. The molecule has 25 heavy (non-hydrogen) atoms. The summed E-state index contributed by atoms with van der Waals surface area (Å²) in [5.74, 6) is -0.409. The van der Waals surface area contributed by atoms with Crippen molar-refractivity contribution in [3.05, 3.63) is 71.2 Å². The molecule has 1 heterocycles. The van der Waals surface area contributed by atoms with Crippen molar-refractivity contribution in [2.24, 2.45) is 4.99 Å². The minimum absolute atomic E-state index is 0.260. The van der Waals surface area contributed by atoms with Crippen LogP contribution >= 0.6 is 0 Å². The van der Waals surface area contributed by atoms with Crippen LogP contribution in [-0.2, 0) is 16.0 Å². The summed E-state index contributed by atoms with van der Waals surface area (Å²) in [4.78, 5) is 18.2. The molecule has 0 saturated carbocycles. The molecule has 0 atom stereocenters. The molecule has 4 nitrogen and oxygen atoms in total. The number of anilines is 1. The van der Waals surface area contributed by atoms with Crippen LogP contribution < -0.4 is 4.90 Å². The topological polar surface area (TPSA) is 41.9 Å². The lowest BCUT2D eigenvalue weighted by molar-refractivity contribution is -0.130. The number of benzene rings is 2. The Morgan fingerprint density at radius 3 is 2.48 bits per heavy atom. The molecule has 0 aliphatic carbocycles. The highest BCUT2D eigenvalue weighted by molar-refractivity contribution is 6.07. The second-order valence-corrected chi connectivity index (χ2v) is 6.00. The SMILES string of the molecule is CN(C)c1ccc(/C=C2/N=C(CCc3ccccc3F)OC2=O)cc1. The first-order valence-corrected chi connectivity index (χ1v) is 8.05. The Bertz CT molecular complexity index is 839. The number of nitrogens with zero attached hydrogens (tertiary/aromatic N) is 2. The molecule has 0 bridgehead atoms. The van der Waals surface area contributed by atoms with Gasteiger partial charge in [-0.3, -0.25) is 0 Å². The number of ether oxygens (including phenoxy) is 1. The van der Waals surface area contributed by atoms with E-state index in [1.54, 1.807) is 24.3 Å². The number of esters is 1. The average molecular weight is 338 g/mol. The Balaban J connectivity index is 1.70. The smallest absolute Gasteiger partial charge is 0.363 e. The second kappa shape index (κ2) is 7.30. The third-order valence-corrected chi connectivity index (χ3v) is 3.94. The number of hydrogen-bond donors (Lipinski definition) is 0. The zero-order valence-electron chi connectivity index (χ0n) is 14.2. The van der Waals surface area contributed by atoms with Crippen molar-refractivity contribution in [1.82, 2.24) is 0 Å². The fraction of sp³-hybridized carbons (Fsp3) is 0.200. The highest BCUT2D eigenvalue weighted by Crippen LogP contribution is 2.20. The van der Waals surface area contributed by atoms with Crippen molar-refractivity contribution >= 4 is 23.6 Å². The van der Waals surface area contributed by atoms with Crippen LogP contribution in [0.25, 0.3) is 6.08 Å². The number of carbonyl (C=O) groups is 1. The predicted molar refractivity (Wildman–Crippen MR) is 97.0 cm³/mol. The Morgan fingerprint density at radius 1 is 1.08 bits per heavy atom. The van der Waals surface area contributed by atoms with Gasteiger partial charge in [0, 0.05) is 26.2 Å². The maximum Gasteiger partial charge on any atom is 0.363 e. The zero-order chi connectivity index (χ0) is 17.8. The quantitative estimate of drug-likeness (QED) is 0.615. The van der Waals surface area contributed by atoms with Gasteiger partial charge in [-0.25, -0.2) is 14.2 Å². The van der Waals surface area contributed by atoms with Gasteiger partial charge in [-0.05, 0) is 41.8 Å². The van der Waals surface area contributed by atoms with Gasteiger partial charge in [0.15, 0.2) is 11.6 Å². The van der Waals surface area contributed by atoms with Crippen LogP contribution in [0.3, 0.4) is 0 Å². The fourth-order valence-electron chi connectivity index (χ4n) is 2.53. The molecule has 2 aromatic rings. The van der Waals surface area contributed by atoms with E-state index in [1.807, 2.05) is 43.3 Å². The van der Waals surface area contributed by atoms with Crippen molar-refractivity contribution in [2.45, 2.75) is 12.8 Å². The first-order valence-electron chi connectivity index (χ1n) is 8.05. The van der Waals surface area contributed by atoms with Crippen LogP contribution in [0.5, 0.6) is 0 Å². The number of hydrogen-bond acceptors (Lipinski definition) is 4. The van der Waals surface area contributed by atoms with Crippen LogP contribution in [0, 0.1) is 5.82 Å². The molecule has 0 unspecified atom stereocenters. The van der Waals surface area contributed by atoms with E-state index in [4.69, 9.17) is 4.74 Å². The summed E-state index contributed by atoms with van der Waals surface area (Å²) in [5.41, 5.74) is 2.79. The lowest BCUT2D eigenvalue weighted by Gasteiger charge is -2.11. The molecule has 1 aliphatic heterocycles. The number of aliphatic imine (C=N–C) groups is 1. The van der Waals surface area contributed by atoms with Crippen molar-refractivity contribution in [3.8, 4) is 0 Å². The van der Waals surface area contributed by atoms with Crippen LogP contribution in [0.2, 0.25) is 0 Å². The molecule has 0 N–H and O–H groups in total. The minimum atomic E-state index is -0.472. The van der Waals surface area contributed by atoms with Gasteiger partial charge >= 0.3 is 5.97 Å². The van der Waals surface area contributed by atoms with Gasteiger partial charge in [0.05, 0.1) is 0 Å². The Hall–Kier alpha value is -2.95. The average Bonchev–Trinajstić information content (AvgIpc) is 2.94. The summed E-state index contributed by atoms with van der Waals surface area (Å²) >= 11 is 0. The van der Waals surface area contributed by atoms with Crippen molar-refractivity contribution in [3.63, 3.8) is 0 Å². The summed E-state index contributed by atoms with van der Waals surface area (Å²) < 4.78 is 18.8. The molecule has 128 valence electrons. The number of cyclic esters (lactones) is 1. The monoisotopic (exact) mass is 338 g/mol. The highest BCUT2D eigenvalue weighted by Gasteiger charge is 2.22. The van der Waals surface area contributed by atoms with E-state index in [1.165, 1.54) is 6.07 Å². The fourth-order valence-corrected chi connectivity index (χ4v) is 2.53. The molecular weight excluding hydrogens is 319 g/mol. The molecule has 2 aromatic carbocycles. The molecule has 1 aliphatic rings. The third kappa shape index (κ3) is 4.12. The zero-order valence-corrected chi connectivity index (χ0v) is 14.2.